The highest BCUT2D eigenvalue weighted by atomic mass is 16.2. The first-order valence-electron chi connectivity index (χ1n) is 9.92. The number of para-hydroxylation sites is 1. The molecule has 134 valence electrons. The van der Waals surface area contributed by atoms with Gasteiger partial charge in [0.2, 0.25) is 5.91 Å². The van der Waals surface area contributed by atoms with Gasteiger partial charge >= 0.3 is 0 Å². The van der Waals surface area contributed by atoms with E-state index in [1.807, 2.05) is 0 Å². The lowest BCUT2D eigenvalue weighted by Gasteiger charge is -2.45. The fraction of sp³-hybridized carbons (Fsp3) is 0.435. The minimum atomic E-state index is -0.00730. The minimum Gasteiger partial charge on any atom is -0.373 e. The van der Waals surface area contributed by atoms with E-state index in [1.54, 1.807) is 0 Å². The van der Waals surface area contributed by atoms with E-state index in [1.165, 1.54) is 28.8 Å². The van der Waals surface area contributed by atoms with E-state index in [-0.39, 0.29) is 5.92 Å². The summed E-state index contributed by atoms with van der Waals surface area (Å²) in [5.41, 5.74) is 5.41. The van der Waals surface area contributed by atoms with Gasteiger partial charge in [-0.2, -0.15) is 0 Å². The van der Waals surface area contributed by atoms with Crippen LogP contribution in [-0.4, -0.2) is 37.0 Å². The van der Waals surface area contributed by atoms with Crippen molar-refractivity contribution >= 4 is 11.6 Å². The van der Waals surface area contributed by atoms with Crippen molar-refractivity contribution < 1.29 is 4.79 Å². The van der Waals surface area contributed by atoms with Crippen LogP contribution in [0.4, 0.5) is 5.69 Å². The summed E-state index contributed by atoms with van der Waals surface area (Å²) >= 11 is 0. The second-order valence-electron chi connectivity index (χ2n) is 8.08. The molecule has 2 aromatic rings. The Labute approximate surface area is 155 Å². The Balaban J connectivity index is 1.45. The Bertz CT molecular complexity index is 846. The third-order valence-electron chi connectivity index (χ3n) is 6.70. The van der Waals surface area contributed by atoms with E-state index in [2.05, 4.69) is 65.4 Å². The molecule has 26 heavy (non-hydrogen) atoms. The van der Waals surface area contributed by atoms with Gasteiger partial charge in [-0.25, -0.2) is 0 Å². The van der Waals surface area contributed by atoms with Gasteiger partial charge in [0.1, 0.15) is 0 Å². The van der Waals surface area contributed by atoms with Crippen LogP contribution in [0.2, 0.25) is 0 Å². The molecule has 1 aliphatic carbocycles. The number of anilines is 1. The van der Waals surface area contributed by atoms with Crippen LogP contribution < -0.4 is 4.90 Å². The van der Waals surface area contributed by atoms with E-state index >= 15 is 0 Å². The molecule has 1 fully saturated rings. The molecule has 3 nitrogen and oxygen atoms in total. The lowest BCUT2D eigenvalue weighted by molar-refractivity contribution is -0.137. The minimum absolute atomic E-state index is 0.00730. The first kappa shape index (κ1) is 15.9. The topological polar surface area (TPSA) is 23.6 Å². The Hall–Kier alpha value is -2.29. The SMILES string of the molecule is CN1CC(C(=O)N2CCCC3c4ccccc4CCC32)c2ccccc21. The largest absolute Gasteiger partial charge is 0.373 e. The highest BCUT2D eigenvalue weighted by molar-refractivity contribution is 5.89. The van der Waals surface area contributed by atoms with E-state index in [9.17, 15) is 4.79 Å². The quantitative estimate of drug-likeness (QED) is 0.781. The molecule has 3 heteroatoms. The molecule has 2 aromatic carbocycles. The number of carbonyl (C=O) groups excluding carboxylic acids is 1. The molecule has 0 aromatic heterocycles. The van der Waals surface area contributed by atoms with Gasteiger partial charge < -0.3 is 9.80 Å². The number of aryl methyl sites for hydroxylation is 1. The van der Waals surface area contributed by atoms with E-state index < -0.39 is 0 Å². The fourth-order valence-electron chi connectivity index (χ4n) is 5.49. The number of amides is 1. The van der Waals surface area contributed by atoms with Crippen LogP contribution in [0.1, 0.15) is 47.8 Å². The number of piperidine rings is 1. The van der Waals surface area contributed by atoms with Crippen LogP contribution in [-0.2, 0) is 11.2 Å². The molecule has 0 radical (unpaired) electrons. The maximum Gasteiger partial charge on any atom is 0.232 e. The molecule has 0 saturated carbocycles. The zero-order valence-corrected chi connectivity index (χ0v) is 15.4. The molecular formula is C23H26N2O. The van der Waals surface area contributed by atoms with Crippen molar-refractivity contribution in [3.8, 4) is 0 Å². The molecule has 0 spiro atoms. The third-order valence-corrected chi connectivity index (χ3v) is 6.70. The van der Waals surface area contributed by atoms with Crippen molar-refractivity contribution in [2.45, 2.75) is 43.6 Å². The molecule has 1 saturated heterocycles. The van der Waals surface area contributed by atoms with Gasteiger partial charge in [-0.15, -0.1) is 0 Å². The Morgan fingerprint density at radius 2 is 1.77 bits per heavy atom. The molecule has 3 unspecified atom stereocenters. The average molecular weight is 346 g/mol. The van der Waals surface area contributed by atoms with Gasteiger partial charge in [-0.1, -0.05) is 42.5 Å². The standard InChI is InChI=1S/C23H26N2O/c1-24-15-20(19-9-4-5-11-21(19)24)23(26)25-14-6-10-18-17-8-3-2-7-16(17)12-13-22(18)25/h2-5,7-9,11,18,20,22H,6,10,12-15H2,1H3. The van der Waals surface area contributed by atoms with Gasteiger partial charge in [0, 0.05) is 37.8 Å². The number of nitrogens with zero attached hydrogens (tertiary/aromatic N) is 2. The van der Waals surface area contributed by atoms with Crippen molar-refractivity contribution in [3.63, 3.8) is 0 Å². The Morgan fingerprint density at radius 1 is 1.00 bits per heavy atom. The summed E-state index contributed by atoms with van der Waals surface area (Å²) in [5, 5.41) is 0. The van der Waals surface area contributed by atoms with E-state index in [4.69, 9.17) is 0 Å². The molecule has 0 bridgehead atoms. The number of likely N-dealkylation sites (tertiary alicyclic amines) is 1. The Morgan fingerprint density at radius 3 is 2.65 bits per heavy atom. The van der Waals surface area contributed by atoms with Crippen molar-refractivity contribution in [1.82, 2.24) is 4.90 Å². The smallest absolute Gasteiger partial charge is 0.232 e. The number of hydrogen-bond donors (Lipinski definition) is 0. The first-order valence-corrected chi connectivity index (χ1v) is 9.92. The fourth-order valence-corrected chi connectivity index (χ4v) is 5.49. The summed E-state index contributed by atoms with van der Waals surface area (Å²) in [6.07, 6.45) is 4.54. The van der Waals surface area contributed by atoms with Gasteiger partial charge in [0.25, 0.3) is 0 Å². The lowest BCUT2D eigenvalue weighted by Crippen LogP contribution is -2.51. The van der Waals surface area contributed by atoms with Crippen LogP contribution in [0.5, 0.6) is 0 Å². The summed E-state index contributed by atoms with van der Waals surface area (Å²) in [4.78, 5) is 18.0. The third kappa shape index (κ3) is 2.37. The van der Waals surface area contributed by atoms with Crippen LogP contribution in [0.3, 0.4) is 0 Å². The van der Waals surface area contributed by atoms with Crippen LogP contribution in [0, 0.1) is 0 Å². The first-order chi connectivity index (χ1) is 12.7. The second kappa shape index (κ2) is 6.15. The summed E-state index contributed by atoms with van der Waals surface area (Å²) < 4.78 is 0. The Kier molecular flexibility index (Phi) is 3.77. The summed E-state index contributed by atoms with van der Waals surface area (Å²) in [5.74, 6) is 0.857. The summed E-state index contributed by atoms with van der Waals surface area (Å²) in [7, 11) is 2.10. The number of hydrogen-bond acceptors (Lipinski definition) is 2. The number of benzene rings is 2. The molecule has 0 N–H and O–H groups in total. The molecule has 3 aliphatic rings. The maximum absolute atomic E-state index is 13.6. The van der Waals surface area contributed by atoms with Crippen molar-refractivity contribution in [1.29, 1.82) is 0 Å². The number of carbonyl (C=O) groups is 1. The molecule has 5 rings (SSSR count). The second-order valence-corrected chi connectivity index (χ2v) is 8.08. The summed E-state index contributed by atoms with van der Waals surface area (Å²) in [6.45, 7) is 1.73. The molecule has 3 atom stereocenters. The van der Waals surface area contributed by atoms with Crippen molar-refractivity contribution in [3.05, 3.63) is 65.2 Å². The van der Waals surface area contributed by atoms with E-state index in [0.717, 1.165) is 32.4 Å². The monoisotopic (exact) mass is 346 g/mol. The zero-order chi connectivity index (χ0) is 17.7. The van der Waals surface area contributed by atoms with E-state index in [0.29, 0.717) is 17.9 Å². The van der Waals surface area contributed by atoms with Gasteiger partial charge in [0.15, 0.2) is 0 Å². The van der Waals surface area contributed by atoms with Gasteiger partial charge in [-0.05, 0) is 48.4 Å². The molecular weight excluding hydrogens is 320 g/mol. The lowest BCUT2D eigenvalue weighted by atomic mass is 9.74. The molecule has 2 heterocycles. The summed E-state index contributed by atoms with van der Waals surface area (Å²) in [6, 6.07) is 17.7. The normalized spacial score (nSPS) is 26.9. The molecule has 1 amide bonds. The maximum atomic E-state index is 13.6. The number of fused-ring (bicyclic) bond motifs is 4. The van der Waals surface area contributed by atoms with Crippen LogP contribution in [0.15, 0.2) is 48.5 Å². The highest BCUT2D eigenvalue weighted by Crippen LogP contribution is 2.43. The molecule has 2 aliphatic heterocycles. The van der Waals surface area contributed by atoms with Crippen molar-refractivity contribution in [2.75, 3.05) is 25.0 Å². The predicted octanol–water partition coefficient (Wildman–Crippen LogP) is 3.94. The van der Waals surface area contributed by atoms with Crippen molar-refractivity contribution in [2.24, 2.45) is 0 Å². The zero-order valence-electron chi connectivity index (χ0n) is 15.4. The number of likely N-dealkylation sites (N-methyl/N-ethyl adjacent to an activating group) is 1. The predicted molar refractivity (Wildman–Crippen MR) is 105 cm³/mol. The van der Waals surface area contributed by atoms with Crippen LogP contribution in [0.25, 0.3) is 0 Å². The van der Waals surface area contributed by atoms with Gasteiger partial charge in [-0.3, -0.25) is 4.79 Å². The highest BCUT2D eigenvalue weighted by Gasteiger charge is 2.42. The average Bonchev–Trinajstić information content (AvgIpc) is 3.04. The number of rotatable bonds is 1. The van der Waals surface area contributed by atoms with Gasteiger partial charge in [0.05, 0.1) is 5.92 Å². The van der Waals surface area contributed by atoms with Crippen LogP contribution >= 0.6 is 0 Å².